The predicted molar refractivity (Wildman–Crippen MR) is 58.1 cm³/mol. The van der Waals surface area contributed by atoms with Crippen LogP contribution in [0.1, 0.15) is 18.4 Å². The van der Waals surface area contributed by atoms with Gasteiger partial charge in [-0.3, -0.25) is 4.79 Å². The quantitative estimate of drug-likeness (QED) is 0.796. The summed E-state index contributed by atoms with van der Waals surface area (Å²) < 4.78 is 13.1. The molecule has 3 N–H and O–H groups in total. The highest BCUT2D eigenvalue weighted by Gasteiger charge is 2.06. The molecule has 3 nitrogen and oxygen atoms in total. The van der Waals surface area contributed by atoms with E-state index in [2.05, 4.69) is 5.32 Å². The molecule has 0 bridgehead atoms. The Morgan fingerprint density at radius 3 is 2.93 bits per heavy atom. The van der Waals surface area contributed by atoms with Crippen LogP contribution in [-0.4, -0.2) is 12.5 Å². The maximum atomic E-state index is 13.1. The van der Waals surface area contributed by atoms with Gasteiger partial charge in [0, 0.05) is 17.7 Å². The molecule has 0 aliphatic rings. The van der Waals surface area contributed by atoms with E-state index in [1.165, 1.54) is 6.07 Å². The Labute approximate surface area is 88.5 Å². The summed E-state index contributed by atoms with van der Waals surface area (Å²) in [5.74, 6) is -0.444. The number of nitrogens with one attached hydrogen (secondary N) is 1. The van der Waals surface area contributed by atoms with E-state index < -0.39 is 0 Å². The highest BCUT2D eigenvalue weighted by Crippen LogP contribution is 2.17. The van der Waals surface area contributed by atoms with E-state index in [4.69, 9.17) is 5.73 Å². The van der Waals surface area contributed by atoms with Crippen molar-refractivity contribution in [1.82, 2.24) is 0 Å². The lowest BCUT2D eigenvalue weighted by molar-refractivity contribution is -0.116. The van der Waals surface area contributed by atoms with Crippen molar-refractivity contribution in [3.8, 4) is 0 Å². The van der Waals surface area contributed by atoms with Gasteiger partial charge in [0.15, 0.2) is 0 Å². The topological polar surface area (TPSA) is 55.1 Å². The molecule has 0 saturated heterocycles. The van der Waals surface area contributed by atoms with Gasteiger partial charge in [-0.2, -0.15) is 0 Å². The summed E-state index contributed by atoms with van der Waals surface area (Å²) in [7, 11) is 0. The third-order valence-electron chi connectivity index (χ3n) is 2.15. The van der Waals surface area contributed by atoms with Gasteiger partial charge in [-0.15, -0.1) is 0 Å². The minimum Gasteiger partial charge on any atom is -0.330 e. The molecule has 0 radical (unpaired) electrons. The van der Waals surface area contributed by atoms with Gasteiger partial charge >= 0.3 is 0 Å². The fourth-order valence-corrected chi connectivity index (χ4v) is 1.22. The van der Waals surface area contributed by atoms with E-state index in [0.29, 0.717) is 30.6 Å². The second-order valence-electron chi connectivity index (χ2n) is 3.35. The van der Waals surface area contributed by atoms with Crippen LogP contribution in [0.5, 0.6) is 0 Å². The van der Waals surface area contributed by atoms with Gasteiger partial charge < -0.3 is 11.1 Å². The van der Waals surface area contributed by atoms with Crippen LogP contribution < -0.4 is 11.1 Å². The number of nitrogens with two attached hydrogens (primary N) is 1. The lowest BCUT2D eigenvalue weighted by Crippen LogP contribution is -2.14. The third-order valence-corrected chi connectivity index (χ3v) is 2.15. The first-order valence-corrected chi connectivity index (χ1v) is 4.90. The van der Waals surface area contributed by atoms with Crippen molar-refractivity contribution >= 4 is 11.6 Å². The number of carbonyl (C=O) groups is 1. The van der Waals surface area contributed by atoms with E-state index in [-0.39, 0.29) is 11.7 Å². The lowest BCUT2D eigenvalue weighted by atomic mass is 10.2. The molecule has 1 rings (SSSR count). The molecule has 0 atom stereocenters. The van der Waals surface area contributed by atoms with Crippen molar-refractivity contribution in [3.05, 3.63) is 29.6 Å². The Kier molecular flexibility index (Phi) is 4.24. The average molecular weight is 210 g/mol. The summed E-state index contributed by atoms with van der Waals surface area (Å²) in [6.07, 6.45) is 1.01. The second kappa shape index (κ2) is 5.46. The Hall–Kier alpha value is -1.42. The van der Waals surface area contributed by atoms with Gasteiger partial charge in [-0.05, 0) is 32.0 Å². The van der Waals surface area contributed by atoms with Gasteiger partial charge in [0.1, 0.15) is 5.82 Å². The standard InChI is InChI=1S/C11H15FN2O/c1-8-9(12)4-2-5-10(8)14-11(15)6-3-7-13/h2,4-5H,3,6-7,13H2,1H3,(H,14,15). The van der Waals surface area contributed by atoms with Crippen molar-refractivity contribution < 1.29 is 9.18 Å². The summed E-state index contributed by atoms with van der Waals surface area (Å²) in [4.78, 5) is 11.3. The van der Waals surface area contributed by atoms with Gasteiger partial charge in [0.2, 0.25) is 5.91 Å². The molecule has 0 aliphatic heterocycles. The van der Waals surface area contributed by atoms with E-state index in [1.54, 1.807) is 19.1 Å². The van der Waals surface area contributed by atoms with Gasteiger partial charge in [-0.25, -0.2) is 4.39 Å². The molecule has 4 heteroatoms. The molecule has 0 aromatic heterocycles. The minimum absolute atomic E-state index is 0.130. The Bertz CT molecular complexity index is 352. The van der Waals surface area contributed by atoms with Crippen LogP contribution in [0, 0.1) is 12.7 Å². The summed E-state index contributed by atoms with van der Waals surface area (Å²) in [5, 5.41) is 2.65. The maximum Gasteiger partial charge on any atom is 0.224 e. The number of rotatable bonds is 4. The smallest absolute Gasteiger partial charge is 0.224 e. The summed E-state index contributed by atoms with van der Waals surface area (Å²) in [6, 6.07) is 4.62. The van der Waals surface area contributed by atoms with Crippen LogP contribution in [0.25, 0.3) is 0 Å². The minimum atomic E-state index is -0.313. The van der Waals surface area contributed by atoms with Crippen LogP contribution in [0.15, 0.2) is 18.2 Å². The van der Waals surface area contributed by atoms with Crippen LogP contribution in [0.4, 0.5) is 10.1 Å². The molecule has 0 saturated carbocycles. The van der Waals surface area contributed by atoms with Gasteiger partial charge in [0.25, 0.3) is 0 Å². The lowest BCUT2D eigenvalue weighted by Gasteiger charge is -2.08. The molecule has 1 aromatic rings. The second-order valence-corrected chi connectivity index (χ2v) is 3.35. The molecule has 0 heterocycles. The summed E-state index contributed by atoms with van der Waals surface area (Å²) in [6.45, 7) is 2.11. The molecule has 15 heavy (non-hydrogen) atoms. The number of halogens is 1. The molecule has 0 spiro atoms. The first-order chi connectivity index (χ1) is 7.15. The summed E-state index contributed by atoms with van der Waals surface area (Å²) in [5.41, 5.74) is 6.27. The summed E-state index contributed by atoms with van der Waals surface area (Å²) >= 11 is 0. The highest BCUT2D eigenvalue weighted by molar-refractivity contribution is 5.91. The number of hydrogen-bond acceptors (Lipinski definition) is 2. The molecular weight excluding hydrogens is 195 g/mol. The Balaban J connectivity index is 2.64. The molecule has 0 aliphatic carbocycles. The Morgan fingerprint density at radius 2 is 2.27 bits per heavy atom. The Morgan fingerprint density at radius 1 is 1.53 bits per heavy atom. The molecule has 0 unspecified atom stereocenters. The van der Waals surface area contributed by atoms with E-state index in [0.717, 1.165) is 0 Å². The normalized spacial score (nSPS) is 10.1. The fraction of sp³-hybridized carbons (Fsp3) is 0.364. The number of amides is 1. The van der Waals surface area contributed by atoms with Crippen molar-refractivity contribution in [3.63, 3.8) is 0 Å². The van der Waals surface area contributed by atoms with Crippen LogP contribution in [0.3, 0.4) is 0 Å². The molecular formula is C11H15FN2O. The number of hydrogen-bond donors (Lipinski definition) is 2. The molecule has 82 valence electrons. The van der Waals surface area contributed by atoms with E-state index in [1.807, 2.05) is 0 Å². The monoisotopic (exact) mass is 210 g/mol. The van der Waals surface area contributed by atoms with Crippen molar-refractivity contribution in [2.45, 2.75) is 19.8 Å². The van der Waals surface area contributed by atoms with Crippen molar-refractivity contribution in [1.29, 1.82) is 0 Å². The zero-order valence-corrected chi connectivity index (χ0v) is 8.72. The molecule has 1 amide bonds. The van der Waals surface area contributed by atoms with Crippen LogP contribution >= 0.6 is 0 Å². The largest absolute Gasteiger partial charge is 0.330 e. The zero-order chi connectivity index (χ0) is 11.3. The maximum absolute atomic E-state index is 13.1. The molecule has 1 aromatic carbocycles. The number of carbonyl (C=O) groups excluding carboxylic acids is 1. The third kappa shape index (κ3) is 3.32. The van der Waals surface area contributed by atoms with Crippen molar-refractivity contribution in [2.24, 2.45) is 5.73 Å². The predicted octanol–water partition coefficient (Wildman–Crippen LogP) is 1.81. The average Bonchev–Trinajstić information content (AvgIpc) is 2.22. The zero-order valence-electron chi connectivity index (χ0n) is 8.72. The number of benzene rings is 1. The van der Waals surface area contributed by atoms with Gasteiger partial charge in [0.05, 0.1) is 0 Å². The number of anilines is 1. The first-order valence-electron chi connectivity index (χ1n) is 4.90. The van der Waals surface area contributed by atoms with Crippen molar-refractivity contribution in [2.75, 3.05) is 11.9 Å². The first kappa shape index (κ1) is 11.7. The highest BCUT2D eigenvalue weighted by atomic mass is 19.1. The van der Waals surface area contributed by atoms with E-state index >= 15 is 0 Å². The fourth-order valence-electron chi connectivity index (χ4n) is 1.22. The van der Waals surface area contributed by atoms with Crippen LogP contribution in [0.2, 0.25) is 0 Å². The van der Waals surface area contributed by atoms with E-state index in [9.17, 15) is 9.18 Å². The van der Waals surface area contributed by atoms with Crippen LogP contribution in [-0.2, 0) is 4.79 Å². The van der Waals surface area contributed by atoms with Gasteiger partial charge in [-0.1, -0.05) is 6.07 Å². The molecule has 0 fully saturated rings. The SMILES string of the molecule is Cc1c(F)cccc1NC(=O)CCCN.